The molecule has 1 aliphatic rings. The number of nitrogens with zero attached hydrogens (tertiary/aromatic N) is 2. The maximum absolute atomic E-state index is 13.0. The van der Waals surface area contributed by atoms with Crippen LogP contribution in [0, 0.1) is 0 Å². The highest BCUT2D eigenvalue weighted by atomic mass is 32.2. The van der Waals surface area contributed by atoms with Gasteiger partial charge in [-0.05, 0) is 29.7 Å². The largest absolute Gasteiger partial charge is 0.497 e. The highest BCUT2D eigenvalue weighted by Crippen LogP contribution is 2.41. The lowest BCUT2D eigenvalue weighted by atomic mass is 10.1. The number of likely N-dealkylation sites (N-methyl/N-ethyl adjacent to an activating group) is 1. The molecule has 2 amide bonds. The first-order valence-electron chi connectivity index (χ1n) is 9.53. The number of carbonyl (C=O) groups is 2. The summed E-state index contributed by atoms with van der Waals surface area (Å²) in [5.74, 6) is -0.303. The summed E-state index contributed by atoms with van der Waals surface area (Å²) in [6.07, 6.45) is 0. The zero-order valence-electron chi connectivity index (χ0n) is 17.0. The summed E-state index contributed by atoms with van der Waals surface area (Å²) in [5, 5.41) is 4.10. The first-order chi connectivity index (χ1) is 14.8. The molecule has 160 valence electrons. The Hall–Kier alpha value is -3.59. The minimum atomic E-state index is -3.84. The Morgan fingerprint density at radius 3 is 2.52 bits per heavy atom. The van der Waals surface area contributed by atoms with Gasteiger partial charge in [0.1, 0.15) is 12.3 Å². The van der Waals surface area contributed by atoms with Gasteiger partial charge in [-0.3, -0.25) is 13.9 Å². The monoisotopic (exact) mass is 439 g/mol. The van der Waals surface area contributed by atoms with Crippen molar-refractivity contribution in [2.24, 2.45) is 0 Å². The van der Waals surface area contributed by atoms with Crippen LogP contribution in [0.5, 0.6) is 5.75 Å². The molecule has 31 heavy (non-hydrogen) atoms. The van der Waals surface area contributed by atoms with Gasteiger partial charge in [-0.1, -0.05) is 30.3 Å². The fourth-order valence-corrected chi connectivity index (χ4v) is 5.24. The quantitative estimate of drug-likeness (QED) is 0.637. The second-order valence-electron chi connectivity index (χ2n) is 7.17. The Morgan fingerprint density at radius 2 is 1.77 bits per heavy atom. The van der Waals surface area contributed by atoms with Crippen LogP contribution in [0.3, 0.4) is 0 Å². The van der Waals surface area contributed by atoms with E-state index < -0.39 is 21.8 Å². The van der Waals surface area contributed by atoms with Gasteiger partial charge < -0.3 is 15.0 Å². The molecular weight excluding hydrogens is 418 g/mol. The second kappa shape index (κ2) is 7.92. The fourth-order valence-electron chi connectivity index (χ4n) is 3.58. The van der Waals surface area contributed by atoms with Crippen molar-refractivity contribution in [2.45, 2.75) is 4.90 Å². The van der Waals surface area contributed by atoms with Crippen LogP contribution in [-0.4, -0.2) is 52.4 Å². The van der Waals surface area contributed by atoms with Gasteiger partial charge in [0.25, 0.3) is 10.0 Å². The third-order valence-electron chi connectivity index (χ3n) is 5.12. The van der Waals surface area contributed by atoms with Gasteiger partial charge in [0, 0.05) is 24.2 Å². The summed E-state index contributed by atoms with van der Waals surface area (Å²) in [5.41, 5.74) is 1.00. The van der Waals surface area contributed by atoms with E-state index in [-0.39, 0.29) is 18.0 Å². The molecule has 4 rings (SSSR count). The third-order valence-corrected chi connectivity index (χ3v) is 6.92. The molecule has 0 bridgehead atoms. The van der Waals surface area contributed by atoms with Crippen molar-refractivity contribution in [2.75, 3.05) is 36.9 Å². The summed E-state index contributed by atoms with van der Waals surface area (Å²) in [4.78, 5) is 26.5. The lowest BCUT2D eigenvalue weighted by Crippen LogP contribution is -2.42. The number of methoxy groups -OCH3 is 1. The normalized spacial score (nSPS) is 13.8. The molecule has 0 spiro atoms. The number of nitrogens with one attached hydrogen (secondary N) is 1. The highest BCUT2D eigenvalue weighted by Gasteiger charge is 2.37. The summed E-state index contributed by atoms with van der Waals surface area (Å²) in [6, 6.07) is 17.2. The smallest absolute Gasteiger partial charge is 0.265 e. The van der Waals surface area contributed by atoms with Gasteiger partial charge in [0.2, 0.25) is 11.8 Å². The Morgan fingerprint density at radius 1 is 1.06 bits per heavy atom. The number of hydrogen-bond donors (Lipinski definition) is 1. The molecule has 0 fully saturated rings. The maximum atomic E-state index is 13.0. The molecule has 3 aromatic carbocycles. The first kappa shape index (κ1) is 20.7. The van der Waals surface area contributed by atoms with Gasteiger partial charge in [-0.25, -0.2) is 8.42 Å². The van der Waals surface area contributed by atoms with E-state index >= 15 is 0 Å². The van der Waals surface area contributed by atoms with Gasteiger partial charge >= 0.3 is 0 Å². The van der Waals surface area contributed by atoms with Crippen molar-refractivity contribution >= 4 is 44.0 Å². The highest BCUT2D eigenvalue weighted by molar-refractivity contribution is 7.93. The number of ether oxygens (including phenoxy) is 1. The number of rotatable bonds is 6. The van der Waals surface area contributed by atoms with Crippen LogP contribution in [0.25, 0.3) is 10.8 Å². The molecular formula is C22H21N3O5S. The molecule has 0 radical (unpaired) electrons. The average molecular weight is 439 g/mol. The molecule has 0 aromatic heterocycles. The lowest BCUT2D eigenvalue weighted by molar-refractivity contribution is -0.131. The van der Waals surface area contributed by atoms with Crippen LogP contribution in [-0.2, 0) is 19.6 Å². The van der Waals surface area contributed by atoms with E-state index in [9.17, 15) is 18.0 Å². The van der Waals surface area contributed by atoms with Crippen molar-refractivity contribution in [1.29, 1.82) is 0 Å². The van der Waals surface area contributed by atoms with Crippen molar-refractivity contribution in [1.82, 2.24) is 4.90 Å². The van der Waals surface area contributed by atoms with E-state index in [0.717, 1.165) is 9.69 Å². The van der Waals surface area contributed by atoms with Crippen LogP contribution in [0.15, 0.2) is 65.6 Å². The Balaban J connectivity index is 1.47. The number of anilines is 2. The van der Waals surface area contributed by atoms with Crippen molar-refractivity contribution in [3.8, 4) is 5.75 Å². The molecule has 8 nitrogen and oxygen atoms in total. The van der Waals surface area contributed by atoms with E-state index in [1.54, 1.807) is 42.5 Å². The van der Waals surface area contributed by atoms with Gasteiger partial charge in [0.15, 0.2) is 0 Å². The van der Waals surface area contributed by atoms with E-state index in [1.807, 2.05) is 12.1 Å². The van der Waals surface area contributed by atoms with Gasteiger partial charge in [-0.2, -0.15) is 0 Å². The molecule has 9 heteroatoms. The molecule has 1 aliphatic heterocycles. The second-order valence-corrected chi connectivity index (χ2v) is 9.00. The van der Waals surface area contributed by atoms with E-state index in [2.05, 4.69) is 5.32 Å². The Bertz CT molecular complexity index is 1280. The van der Waals surface area contributed by atoms with Crippen LogP contribution in [0.1, 0.15) is 0 Å². The first-order valence-corrected chi connectivity index (χ1v) is 11.0. The molecule has 0 saturated heterocycles. The Kier molecular flexibility index (Phi) is 5.28. The SMILES string of the molecule is COc1cccc(NC(=O)CN(C)C(=O)CN2c3cccc4cccc(c34)S2(=O)=O)c1. The lowest BCUT2D eigenvalue weighted by Gasteiger charge is -2.22. The van der Waals surface area contributed by atoms with Crippen LogP contribution in [0.4, 0.5) is 11.4 Å². The van der Waals surface area contributed by atoms with E-state index in [1.165, 1.54) is 25.1 Å². The third kappa shape index (κ3) is 3.79. The summed E-state index contributed by atoms with van der Waals surface area (Å²) >= 11 is 0. The standard InChI is InChI=1S/C22H21N3O5S/c1-24(13-20(26)23-16-8-5-9-17(12-16)30-2)21(27)14-25-18-10-3-6-15-7-4-11-19(22(15)18)31(25,28)29/h3-12H,13-14H2,1-2H3,(H,23,26). The zero-order valence-corrected chi connectivity index (χ0v) is 17.8. The minimum absolute atomic E-state index is 0.187. The van der Waals surface area contributed by atoms with E-state index in [4.69, 9.17) is 4.74 Å². The van der Waals surface area contributed by atoms with Crippen molar-refractivity contribution in [3.05, 3.63) is 60.7 Å². The number of amides is 2. The number of sulfonamides is 1. The van der Waals surface area contributed by atoms with E-state index in [0.29, 0.717) is 22.5 Å². The van der Waals surface area contributed by atoms with Crippen molar-refractivity contribution in [3.63, 3.8) is 0 Å². The minimum Gasteiger partial charge on any atom is -0.497 e. The van der Waals surface area contributed by atoms with Gasteiger partial charge in [0.05, 0.1) is 24.2 Å². The maximum Gasteiger partial charge on any atom is 0.265 e. The number of carbonyl (C=O) groups excluding carboxylic acids is 2. The summed E-state index contributed by atoms with van der Waals surface area (Å²) < 4.78 is 32.2. The fraction of sp³-hybridized carbons (Fsp3) is 0.182. The average Bonchev–Trinajstić information content (AvgIpc) is 2.97. The predicted molar refractivity (Wildman–Crippen MR) is 118 cm³/mol. The predicted octanol–water partition coefficient (Wildman–Crippen LogP) is 2.45. The molecule has 0 atom stereocenters. The van der Waals surface area contributed by atoms with Crippen molar-refractivity contribution < 1.29 is 22.7 Å². The van der Waals surface area contributed by atoms with Crippen LogP contribution in [0.2, 0.25) is 0 Å². The van der Waals surface area contributed by atoms with Gasteiger partial charge in [-0.15, -0.1) is 0 Å². The molecule has 1 heterocycles. The van der Waals surface area contributed by atoms with Crippen LogP contribution >= 0.6 is 0 Å². The number of benzene rings is 3. The zero-order chi connectivity index (χ0) is 22.2. The molecule has 1 N–H and O–H groups in total. The summed E-state index contributed by atoms with van der Waals surface area (Å²) in [6.45, 7) is -0.611. The Labute approximate surface area is 180 Å². The molecule has 0 saturated carbocycles. The topological polar surface area (TPSA) is 96.0 Å². The number of hydrogen-bond acceptors (Lipinski definition) is 5. The van der Waals surface area contributed by atoms with Crippen LogP contribution < -0.4 is 14.4 Å². The molecule has 3 aromatic rings. The summed E-state index contributed by atoms with van der Waals surface area (Å²) in [7, 11) is -0.852. The molecule has 0 aliphatic carbocycles. The molecule has 0 unspecified atom stereocenters.